The molecule has 1 aromatic carbocycles. The van der Waals surface area contributed by atoms with Crippen molar-refractivity contribution >= 4 is 21.1 Å². The van der Waals surface area contributed by atoms with Crippen molar-refractivity contribution in [2.75, 3.05) is 16.8 Å². The molecule has 1 fully saturated rings. The van der Waals surface area contributed by atoms with Crippen LogP contribution in [0.2, 0.25) is 0 Å². The number of benzene rings is 1. The number of nitrogens with one attached hydrogen (secondary N) is 1. The number of hydrogen-bond donors (Lipinski definition) is 1. The molecule has 21 heavy (non-hydrogen) atoms. The molecule has 2 heterocycles. The predicted molar refractivity (Wildman–Crippen MR) is 86.2 cm³/mol. The van der Waals surface area contributed by atoms with Crippen molar-refractivity contribution in [3.05, 3.63) is 42.2 Å². The summed E-state index contributed by atoms with van der Waals surface area (Å²) in [6.07, 6.45) is 5.91. The molecule has 2 aromatic rings. The molecule has 5 nitrogen and oxygen atoms in total. The van der Waals surface area contributed by atoms with E-state index in [0.717, 1.165) is 47.8 Å². The Morgan fingerprint density at radius 3 is 2.62 bits per heavy atom. The van der Waals surface area contributed by atoms with Gasteiger partial charge in [0.2, 0.25) is 0 Å². The Morgan fingerprint density at radius 1 is 1.29 bits per heavy atom. The van der Waals surface area contributed by atoms with E-state index in [1.54, 1.807) is 4.68 Å². The Hall–Kier alpha value is -1.82. The van der Waals surface area contributed by atoms with E-state index < -0.39 is 9.73 Å². The maximum Gasteiger partial charge on any atom is 0.0731 e. The third kappa shape index (κ3) is 3.64. The van der Waals surface area contributed by atoms with Crippen molar-refractivity contribution in [3.8, 4) is 0 Å². The first-order chi connectivity index (χ1) is 10.1. The van der Waals surface area contributed by atoms with Crippen LogP contribution in [-0.4, -0.2) is 25.5 Å². The fourth-order valence-electron chi connectivity index (χ4n) is 2.45. The lowest BCUT2D eigenvalue weighted by Gasteiger charge is -2.05. The molecular weight excluding hydrogens is 284 g/mol. The van der Waals surface area contributed by atoms with Crippen LogP contribution in [0.25, 0.3) is 0 Å². The molecule has 0 amide bonds. The Balaban J connectivity index is 1.65. The van der Waals surface area contributed by atoms with Crippen molar-refractivity contribution in [3.63, 3.8) is 0 Å². The zero-order chi connectivity index (χ0) is 14.7. The highest BCUT2D eigenvalue weighted by molar-refractivity contribution is 7.93. The molecule has 3 rings (SSSR count). The van der Waals surface area contributed by atoms with Crippen LogP contribution in [-0.2, 0) is 23.3 Å². The van der Waals surface area contributed by atoms with Gasteiger partial charge in [0.15, 0.2) is 0 Å². The Morgan fingerprint density at radius 2 is 2.00 bits per heavy atom. The van der Waals surface area contributed by atoms with Gasteiger partial charge in [0.05, 0.1) is 21.6 Å². The monoisotopic (exact) mass is 304 g/mol. The molecule has 1 N–H and O–H groups in total. The lowest BCUT2D eigenvalue weighted by atomic mass is 10.2. The van der Waals surface area contributed by atoms with E-state index in [1.807, 2.05) is 43.7 Å². The van der Waals surface area contributed by atoms with Gasteiger partial charge in [-0.2, -0.15) is 9.46 Å². The van der Waals surface area contributed by atoms with Crippen molar-refractivity contribution in [1.82, 2.24) is 9.78 Å². The van der Waals surface area contributed by atoms with Crippen LogP contribution in [0.15, 0.2) is 41.0 Å². The van der Waals surface area contributed by atoms with Crippen LogP contribution in [0.1, 0.15) is 18.4 Å². The summed E-state index contributed by atoms with van der Waals surface area (Å²) in [4.78, 5) is 0. The molecule has 0 aliphatic carbocycles. The first-order valence-corrected chi connectivity index (χ1v) is 9.02. The van der Waals surface area contributed by atoms with E-state index in [-0.39, 0.29) is 0 Å². The zero-order valence-electron chi connectivity index (χ0n) is 12.2. The molecule has 112 valence electrons. The standard InChI is InChI=1S/C15H20N4OS/c1-19-12-13(11-17-19)10-16-14-4-6-15(7-5-14)18-21(20)8-2-3-9-21/h4-7,11-12,16H,2-3,8-10H2,1H3. The summed E-state index contributed by atoms with van der Waals surface area (Å²) in [6, 6.07) is 7.81. The average Bonchev–Trinajstić information content (AvgIpc) is 3.07. The van der Waals surface area contributed by atoms with Gasteiger partial charge in [-0.3, -0.25) is 4.68 Å². The number of anilines is 1. The molecular formula is C15H20N4OS. The lowest BCUT2D eigenvalue weighted by molar-refractivity contribution is 0.681. The SMILES string of the molecule is Cn1cc(CNc2ccc(N=S3(=O)CCCC3)cc2)cn1. The molecule has 6 heteroatoms. The van der Waals surface area contributed by atoms with Gasteiger partial charge in [0.1, 0.15) is 0 Å². The summed E-state index contributed by atoms with van der Waals surface area (Å²) < 4.78 is 18.6. The molecule has 1 saturated heterocycles. The lowest BCUT2D eigenvalue weighted by Crippen LogP contribution is -2.00. The smallest absolute Gasteiger partial charge is 0.0731 e. The third-order valence-corrected chi connectivity index (χ3v) is 5.97. The van der Waals surface area contributed by atoms with Gasteiger partial charge < -0.3 is 5.32 Å². The molecule has 0 unspecified atom stereocenters. The number of rotatable bonds is 4. The average molecular weight is 304 g/mol. The summed E-state index contributed by atoms with van der Waals surface area (Å²) in [5.41, 5.74) is 2.98. The quantitative estimate of drug-likeness (QED) is 0.945. The van der Waals surface area contributed by atoms with E-state index in [1.165, 1.54) is 0 Å². The van der Waals surface area contributed by atoms with Crippen molar-refractivity contribution in [2.24, 2.45) is 11.4 Å². The Bertz CT molecular complexity index is 714. The van der Waals surface area contributed by atoms with Gasteiger partial charge in [-0.1, -0.05) is 0 Å². The molecule has 1 aliphatic rings. The van der Waals surface area contributed by atoms with E-state index in [9.17, 15) is 4.21 Å². The highest BCUT2D eigenvalue weighted by Gasteiger charge is 2.15. The molecule has 0 radical (unpaired) electrons. The second-order valence-corrected chi connectivity index (χ2v) is 7.95. The van der Waals surface area contributed by atoms with E-state index in [2.05, 4.69) is 14.8 Å². The van der Waals surface area contributed by atoms with Crippen LogP contribution in [0.5, 0.6) is 0 Å². The van der Waals surface area contributed by atoms with Crippen LogP contribution in [0.4, 0.5) is 11.4 Å². The third-order valence-electron chi connectivity index (χ3n) is 3.57. The van der Waals surface area contributed by atoms with Gasteiger partial charge in [0, 0.05) is 42.5 Å². The molecule has 1 aromatic heterocycles. The fourth-order valence-corrected chi connectivity index (χ4v) is 4.65. The predicted octanol–water partition coefficient (Wildman–Crippen LogP) is 2.93. The number of aryl methyl sites for hydroxylation is 1. The molecule has 1 aliphatic heterocycles. The van der Waals surface area contributed by atoms with Gasteiger partial charge >= 0.3 is 0 Å². The normalized spacial score (nSPS) is 16.8. The maximum atomic E-state index is 12.4. The molecule has 0 saturated carbocycles. The highest BCUT2D eigenvalue weighted by atomic mass is 32.2. The minimum absolute atomic E-state index is 0.737. The number of nitrogens with zero attached hydrogens (tertiary/aromatic N) is 3. The second-order valence-electron chi connectivity index (χ2n) is 5.40. The van der Waals surface area contributed by atoms with Crippen molar-refractivity contribution in [2.45, 2.75) is 19.4 Å². The van der Waals surface area contributed by atoms with Gasteiger partial charge in [0.25, 0.3) is 0 Å². The molecule has 0 atom stereocenters. The minimum atomic E-state index is -1.98. The van der Waals surface area contributed by atoms with E-state index in [0.29, 0.717) is 0 Å². The van der Waals surface area contributed by atoms with E-state index in [4.69, 9.17) is 0 Å². The largest absolute Gasteiger partial charge is 0.381 e. The maximum absolute atomic E-state index is 12.4. The Labute approximate surface area is 125 Å². The molecule has 0 spiro atoms. The summed E-state index contributed by atoms with van der Waals surface area (Å²) in [5.74, 6) is 1.49. The van der Waals surface area contributed by atoms with E-state index >= 15 is 0 Å². The second kappa shape index (κ2) is 5.89. The topological polar surface area (TPSA) is 59.3 Å². The summed E-state index contributed by atoms with van der Waals surface area (Å²) in [5, 5.41) is 7.48. The highest BCUT2D eigenvalue weighted by Crippen LogP contribution is 2.22. The van der Waals surface area contributed by atoms with Gasteiger partial charge in [-0.05, 0) is 37.1 Å². The van der Waals surface area contributed by atoms with Gasteiger partial charge in [-0.25, -0.2) is 4.21 Å². The molecule has 0 bridgehead atoms. The Kier molecular flexibility index (Phi) is 3.96. The van der Waals surface area contributed by atoms with Crippen molar-refractivity contribution in [1.29, 1.82) is 0 Å². The van der Waals surface area contributed by atoms with Crippen LogP contribution in [0.3, 0.4) is 0 Å². The van der Waals surface area contributed by atoms with Crippen LogP contribution >= 0.6 is 0 Å². The van der Waals surface area contributed by atoms with Crippen LogP contribution < -0.4 is 5.32 Å². The first-order valence-electron chi connectivity index (χ1n) is 7.17. The van der Waals surface area contributed by atoms with Crippen molar-refractivity contribution < 1.29 is 4.21 Å². The van der Waals surface area contributed by atoms with Gasteiger partial charge in [-0.15, -0.1) is 0 Å². The van der Waals surface area contributed by atoms with Crippen LogP contribution in [0, 0.1) is 0 Å². The summed E-state index contributed by atoms with van der Waals surface area (Å²) >= 11 is 0. The zero-order valence-corrected chi connectivity index (χ0v) is 13.0. The number of hydrogen-bond acceptors (Lipinski definition) is 4. The number of aromatic nitrogens is 2. The summed E-state index contributed by atoms with van der Waals surface area (Å²) in [7, 11) is -0.0719. The summed E-state index contributed by atoms with van der Waals surface area (Å²) in [6.45, 7) is 0.737. The minimum Gasteiger partial charge on any atom is -0.381 e. The first kappa shape index (κ1) is 14.1. The fraction of sp³-hybridized carbons (Fsp3) is 0.400.